The topological polar surface area (TPSA) is 207 Å². The van der Waals surface area contributed by atoms with Crippen LogP contribution in [0.15, 0.2) is 45.6 Å². The highest BCUT2D eigenvalue weighted by Gasteiger charge is 2.48. The van der Waals surface area contributed by atoms with Gasteiger partial charge in [-0.15, -0.1) is 0 Å². The number of aliphatic hydroxyl groups excluding tert-OH is 3. The second-order valence-electron chi connectivity index (χ2n) is 7.29. The van der Waals surface area contributed by atoms with Crippen molar-refractivity contribution in [2.24, 2.45) is 0 Å². The third-order valence-corrected chi connectivity index (χ3v) is 5.16. The maximum atomic E-state index is 12.6. The molecule has 2 aromatic carbocycles. The first-order chi connectivity index (χ1) is 15.6. The molecule has 2 heterocycles. The molecule has 7 N–H and O–H groups in total. The van der Waals surface area contributed by atoms with E-state index in [1.54, 1.807) is 12.1 Å². The number of aliphatic carboxylic acids is 1. The number of ether oxygens (including phenoxy) is 2. The van der Waals surface area contributed by atoms with Crippen molar-refractivity contribution in [3.8, 4) is 34.3 Å². The molecule has 0 radical (unpaired) electrons. The first kappa shape index (κ1) is 22.4. The number of hydrogen-bond donors (Lipinski definition) is 7. The fourth-order valence-corrected chi connectivity index (χ4v) is 3.45. The lowest BCUT2D eigenvalue weighted by molar-refractivity contribution is -0.271. The lowest BCUT2D eigenvalue weighted by atomic mass is 9.99. The first-order valence-electron chi connectivity index (χ1n) is 9.50. The van der Waals surface area contributed by atoms with Crippen LogP contribution in [0.5, 0.6) is 23.0 Å². The molecule has 1 aliphatic rings. The van der Waals surface area contributed by atoms with Crippen LogP contribution in [0.4, 0.5) is 0 Å². The summed E-state index contributed by atoms with van der Waals surface area (Å²) >= 11 is 0. The van der Waals surface area contributed by atoms with Crippen LogP contribution in [0.2, 0.25) is 0 Å². The van der Waals surface area contributed by atoms with Crippen molar-refractivity contribution in [1.82, 2.24) is 0 Å². The van der Waals surface area contributed by atoms with E-state index >= 15 is 0 Å². The van der Waals surface area contributed by atoms with E-state index in [0.717, 1.165) is 12.1 Å². The van der Waals surface area contributed by atoms with Crippen LogP contribution >= 0.6 is 0 Å². The maximum Gasteiger partial charge on any atom is 0.335 e. The number of fused-ring (bicyclic) bond motifs is 1. The van der Waals surface area contributed by atoms with E-state index in [1.807, 2.05) is 0 Å². The minimum absolute atomic E-state index is 0.0694. The second-order valence-corrected chi connectivity index (χ2v) is 7.29. The number of para-hydroxylation sites is 1. The van der Waals surface area contributed by atoms with Crippen molar-refractivity contribution in [2.75, 3.05) is 0 Å². The summed E-state index contributed by atoms with van der Waals surface area (Å²) < 4.78 is 15.9. The highest BCUT2D eigenvalue weighted by atomic mass is 16.7. The number of rotatable bonds is 4. The van der Waals surface area contributed by atoms with Crippen LogP contribution in [0.25, 0.3) is 22.3 Å². The van der Waals surface area contributed by atoms with Crippen LogP contribution in [0.3, 0.4) is 0 Å². The third kappa shape index (κ3) is 3.81. The molecule has 5 atom stereocenters. The number of benzene rings is 2. The summed E-state index contributed by atoms with van der Waals surface area (Å²) in [6.07, 6.45) is -9.72. The number of carboxylic acid groups (broad SMARTS) is 1. The minimum atomic E-state index is -1.97. The smallest absolute Gasteiger partial charge is 0.335 e. The number of carbonyl (C=O) groups is 1. The number of aliphatic hydroxyl groups is 3. The maximum absolute atomic E-state index is 12.6. The minimum Gasteiger partial charge on any atom is -0.507 e. The van der Waals surface area contributed by atoms with Gasteiger partial charge in [-0.2, -0.15) is 0 Å². The Morgan fingerprint density at radius 1 is 0.939 bits per heavy atom. The highest BCUT2D eigenvalue weighted by Crippen LogP contribution is 2.43. The van der Waals surface area contributed by atoms with E-state index in [1.165, 1.54) is 12.1 Å². The van der Waals surface area contributed by atoms with Crippen LogP contribution in [-0.2, 0) is 9.53 Å². The predicted molar refractivity (Wildman–Crippen MR) is 108 cm³/mol. The molecular weight excluding hydrogens is 444 g/mol. The second kappa shape index (κ2) is 8.26. The monoisotopic (exact) mass is 462 g/mol. The largest absolute Gasteiger partial charge is 0.507 e. The van der Waals surface area contributed by atoms with Gasteiger partial charge in [-0.3, -0.25) is 4.79 Å². The third-order valence-electron chi connectivity index (χ3n) is 5.16. The van der Waals surface area contributed by atoms with Gasteiger partial charge in [0.2, 0.25) is 12.0 Å². The number of hydrogen-bond acceptors (Lipinski definition) is 11. The Bertz CT molecular complexity index is 1280. The average molecular weight is 462 g/mol. The molecule has 0 aliphatic carbocycles. The number of aromatic hydroxyl groups is 3. The van der Waals surface area contributed by atoms with Gasteiger partial charge in [0.25, 0.3) is 0 Å². The number of phenolic OH excluding ortho intramolecular Hbond substituents is 3. The lowest BCUT2D eigenvalue weighted by Gasteiger charge is -2.38. The van der Waals surface area contributed by atoms with Crippen LogP contribution in [0, 0.1) is 0 Å². The normalized spacial score (nSPS) is 25.1. The molecule has 1 aliphatic heterocycles. The Morgan fingerprint density at radius 2 is 1.64 bits per heavy atom. The van der Waals surface area contributed by atoms with Crippen molar-refractivity contribution in [3.63, 3.8) is 0 Å². The summed E-state index contributed by atoms with van der Waals surface area (Å²) in [5, 5.41) is 69.2. The van der Waals surface area contributed by atoms with Crippen LogP contribution < -0.4 is 10.2 Å². The van der Waals surface area contributed by atoms with Gasteiger partial charge in [0.15, 0.2) is 23.0 Å². The standard InChI is InChI=1S/C21H18O12/c22-8-4-2-1-3-7(8)10-5-9(23)13-11(31-10)6-12(14(24)15(13)25)32-21-18(28)16(26)17(27)19(33-21)20(29)30/h1-6,16-19,21-22,24-28H,(H,29,30)/t16-,17-,18?,19?,21+/m0/s1. The molecule has 4 rings (SSSR count). The van der Waals surface area contributed by atoms with E-state index in [-0.39, 0.29) is 22.7 Å². The summed E-state index contributed by atoms with van der Waals surface area (Å²) in [6.45, 7) is 0. The first-order valence-corrected chi connectivity index (χ1v) is 9.50. The Labute approximate surface area is 183 Å². The van der Waals surface area contributed by atoms with E-state index in [4.69, 9.17) is 19.0 Å². The predicted octanol–water partition coefficient (Wildman–Crippen LogP) is -0.152. The van der Waals surface area contributed by atoms with Gasteiger partial charge in [-0.25, -0.2) is 4.79 Å². The van der Waals surface area contributed by atoms with Crippen molar-refractivity contribution < 1.29 is 54.4 Å². The molecule has 174 valence electrons. The van der Waals surface area contributed by atoms with Gasteiger partial charge in [-0.05, 0) is 12.1 Å². The van der Waals surface area contributed by atoms with Crippen molar-refractivity contribution in [2.45, 2.75) is 30.7 Å². The SMILES string of the molecule is O=C(O)C1O[C@@H](Oc2cc3oc(-c4ccccc4O)cc(=O)c3c(O)c2O)C(O)[C@@H](O)[C@@H]1O. The number of carboxylic acids is 1. The molecule has 1 aromatic heterocycles. The van der Waals surface area contributed by atoms with Crippen molar-refractivity contribution >= 4 is 16.9 Å². The molecule has 0 bridgehead atoms. The quantitative estimate of drug-likeness (QED) is 0.253. The van der Waals surface area contributed by atoms with Gasteiger partial charge in [0.1, 0.15) is 40.8 Å². The molecule has 12 nitrogen and oxygen atoms in total. The molecule has 0 spiro atoms. The fourth-order valence-electron chi connectivity index (χ4n) is 3.45. The van der Waals surface area contributed by atoms with E-state index in [2.05, 4.69) is 0 Å². The molecule has 2 unspecified atom stereocenters. The van der Waals surface area contributed by atoms with E-state index in [9.17, 15) is 40.2 Å². The highest BCUT2D eigenvalue weighted by molar-refractivity contribution is 5.89. The van der Waals surface area contributed by atoms with Gasteiger partial charge < -0.3 is 49.6 Å². The molecule has 0 saturated carbocycles. The molecule has 33 heavy (non-hydrogen) atoms. The lowest BCUT2D eigenvalue weighted by Crippen LogP contribution is -2.61. The molecule has 1 saturated heterocycles. The summed E-state index contributed by atoms with van der Waals surface area (Å²) in [5.41, 5.74) is -0.877. The fraction of sp³-hybridized carbons (Fsp3) is 0.238. The molecule has 1 fully saturated rings. The zero-order chi connectivity index (χ0) is 24.0. The van der Waals surface area contributed by atoms with Gasteiger partial charge >= 0.3 is 5.97 Å². The Kier molecular flexibility index (Phi) is 5.59. The Hall–Kier alpha value is -3.84. The summed E-state index contributed by atoms with van der Waals surface area (Å²) in [6, 6.07) is 7.95. The molecule has 0 amide bonds. The van der Waals surface area contributed by atoms with Crippen LogP contribution in [-0.4, -0.2) is 72.4 Å². The molecular formula is C21H18O12. The van der Waals surface area contributed by atoms with Crippen molar-refractivity contribution in [3.05, 3.63) is 46.6 Å². The van der Waals surface area contributed by atoms with E-state index < -0.39 is 64.7 Å². The number of phenols is 3. The average Bonchev–Trinajstić information content (AvgIpc) is 2.77. The van der Waals surface area contributed by atoms with Gasteiger partial charge in [0.05, 0.1) is 5.56 Å². The summed E-state index contributed by atoms with van der Waals surface area (Å²) in [5.74, 6) is -4.38. The van der Waals surface area contributed by atoms with E-state index in [0.29, 0.717) is 0 Å². The zero-order valence-electron chi connectivity index (χ0n) is 16.5. The molecule has 12 heteroatoms. The molecule has 3 aromatic rings. The van der Waals surface area contributed by atoms with Gasteiger partial charge in [-0.1, -0.05) is 12.1 Å². The summed E-state index contributed by atoms with van der Waals surface area (Å²) in [7, 11) is 0. The van der Waals surface area contributed by atoms with Gasteiger partial charge in [0, 0.05) is 12.1 Å². The zero-order valence-corrected chi connectivity index (χ0v) is 16.5. The Balaban J connectivity index is 1.78. The Morgan fingerprint density at radius 3 is 2.30 bits per heavy atom. The van der Waals surface area contributed by atoms with Crippen molar-refractivity contribution in [1.29, 1.82) is 0 Å². The summed E-state index contributed by atoms with van der Waals surface area (Å²) in [4.78, 5) is 23.8. The van der Waals surface area contributed by atoms with Crippen LogP contribution in [0.1, 0.15) is 0 Å².